The van der Waals surface area contributed by atoms with Crippen molar-refractivity contribution < 1.29 is 13.2 Å². The van der Waals surface area contributed by atoms with E-state index in [9.17, 15) is 13.2 Å². The largest absolute Gasteiger partial charge is 0.350 e. The van der Waals surface area contributed by atoms with Crippen molar-refractivity contribution in [3.63, 3.8) is 0 Å². The molecule has 1 unspecified atom stereocenters. The first-order valence-corrected chi connectivity index (χ1v) is 11.3. The molecule has 2 aromatic rings. The number of rotatable bonds is 7. The Hall–Kier alpha value is -2.18. The Morgan fingerprint density at radius 3 is 2.54 bits per heavy atom. The number of fused-ring (bicyclic) bond motifs is 1. The molecule has 1 atom stereocenters. The summed E-state index contributed by atoms with van der Waals surface area (Å²) in [6.45, 7) is 4.01. The van der Waals surface area contributed by atoms with Gasteiger partial charge in [0.05, 0.1) is 10.9 Å². The van der Waals surface area contributed by atoms with Crippen LogP contribution >= 0.6 is 0 Å². The van der Waals surface area contributed by atoms with Crippen LogP contribution in [0, 0.1) is 6.92 Å². The Labute approximate surface area is 167 Å². The van der Waals surface area contributed by atoms with Crippen LogP contribution in [0.1, 0.15) is 54.5 Å². The van der Waals surface area contributed by atoms with Crippen LogP contribution in [0.15, 0.2) is 47.4 Å². The summed E-state index contributed by atoms with van der Waals surface area (Å²) < 4.78 is 27.6. The number of benzene rings is 2. The smallest absolute Gasteiger partial charge is 0.240 e. The summed E-state index contributed by atoms with van der Waals surface area (Å²) in [4.78, 5) is 12.5. The van der Waals surface area contributed by atoms with Crippen LogP contribution in [0.25, 0.3) is 0 Å². The van der Waals surface area contributed by atoms with Gasteiger partial charge in [-0.05, 0) is 73.9 Å². The Kier molecular flexibility index (Phi) is 6.52. The van der Waals surface area contributed by atoms with Crippen molar-refractivity contribution in [2.24, 2.45) is 0 Å². The van der Waals surface area contributed by atoms with Gasteiger partial charge in [-0.3, -0.25) is 4.79 Å². The lowest BCUT2D eigenvalue weighted by Crippen LogP contribution is -2.32. The third kappa shape index (κ3) is 5.00. The van der Waals surface area contributed by atoms with E-state index in [2.05, 4.69) is 10.0 Å². The van der Waals surface area contributed by atoms with E-state index in [0.29, 0.717) is 0 Å². The van der Waals surface area contributed by atoms with Gasteiger partial charge in [0, 0.05) is 13.0 Å². The van der Waals surface area contributed by atoms with E-state index in [1.807, 2.05) is 44.2 Å². The molecule has 3 rings (SSSR count). The maximum absolute atomic E-state index is 12.5. The average molecular weight is 401 g/mol. The number of amides is 1. The van der Waals surface area contributed by atoms with Gasteiger partial charge in [-0.1, -0.05) is 30.3 Å². The lowest BCUT2D eigenvalue weighted by atomic mass is 9.92. The standard InChI is InChI=1S/C22H28N2O3S/c1-16-7-3-6-10-21(16)17(2)24-22(25)13-14-23-28(26,27)20-12-11-18-8-4-5-9-19(18)15-20/h3,6-7,10-12,15,17,23H,4-5,8-9,13-14H2,1-2H3,(H,24,25). The van der Waals surface area contributed by atoms with E-state index in [0.717, 1.165) is 42.4 Å². The molecule has 0 heterocycles. The first-order chi connectivity index (χ1) is 13.4. The van der Waals surface area contributed by atoms with E-state index in [-0.39, 0.29) is 29.8 Å². The maximum atomic E-state index is 12.5. The van der Waals surface area contributed by atoms with Crippen molar-refractivity contribution in [2.75, 3.05) is 6.54 Å². The zero-order valence-electron chi connectivity index (χ0n) is 16.5. The van der Waals surface area contributed by atoms with Crippen LogP contribution in [0.2, 0.25) is 0 Å². The van der Waals surface area contributed by atoms with E-state index >= 15 is 0 Å². The first-order valence-electron chi connectivity index (χ1n) is 9.83. The van der Waals surface area contributed by atoms with Gasteiger partial charge >= 0.3 is 0 Å². The number of carbonyl (C=O) groups excluding carboxylic acids is 1. The summed E-state index contributed by atoms with van der Waals surface area (Å²) in [5, 5.41) is 2.93. The number of carbonyl (C=O) groups is 1. The maximum Gasteiger partial charge on any atom is 0.240 e. The second-order valence-corrected chi connectivity index (χ2v) is 9.20. The number of hydrogen-bond donors (Lipinski definition) is 2. The Morgan fingerprint density at radius 2 is 1.79 bits per heavy atom. The van der Waals surface area contributed by atoms with E-state index in [1.54, 1.807) is 12.1 Å². The molecule has 0 bridgehead atoms. The van der Waals surface area contributed by atoms with Crippen LogP contribution < -0.4 is 10.0 Å². The lowest BCUT2D eigenvalue weighted by molar-refractivity contribution is -0.121. The molecule has 0 aliphatic heterocycles. The third-order valence-corrected chi connectivity index (χ3v) is 6.77. The monoisotopic (exact) mass is 400 g/mol. The number of nitrogens with one attached hydrogen (secondary N) is 2. The summed E-state index contributed by atoms with van der Waals surface area (Å²) in [5.74, 6) is -0.177. The summed E-state index contributed by atoms with van der Waals surface area (Å²) in [5.41, 5.74) is 4.54. The van der Waals surface area contributed by atoms with Gasteiger partial charge in [0.15, 0.2) is 0 Å². The molecule has 1 aliphatic carbocycles. The molecule has 2 N–H and O–H groups in total. The SMILES string of the molecule is Cc1ccccc1C(C)NC(=O)CCNS(=O)(=O)c1ccc2c(c1)CCCC2. The van der Waals surface area contributed by atoms with E-state index < -0.39 is 10.0 Å². The molecule has 0 saturated heterocycles. The zero-order chi connectivity index (χ0) is 20.1. The molecule has 28 heavy (non-hydrogen) atoms. The van der Waals surface area contributed by atoms with Gasteiger partial charge in [0.25, 0.3) is 0 Å². The molecule has 0 aromatic heterocycles. The Balaban J connectivity index is 1.53. The van der Waals surface area contributed by atoms with Crippen LogP contribution in [0.3, 0.4) is 0 Å². The summed E-state index contributed by atoms with van der Waals surface area (Å²) in [6.07, 6.45) is 4.30. The predicted molar refractivity (Wildman–Crippen MR) is 111 cm³/mol. The fourth-order valence-electron chi connectivity index (χ4n) is 3.72. The fourth-order valence-corrected chi connectivity index (χ4v) is 4.81. The molecule has 150 valence electrons. The summed E-state index contributed by atoms with van der Waals surface area (Å²) in [7, 11) is -3.61. The molecule has 0 radical (unpaired) electrons. The van der Waals surface area contributed by atoms with Crippen LogP contribution in [0.4, 0.5) is 0 Å². The zero-order valence-corrected chi connectivity index (χ0v) is 17.3. The number of sulfonamides is 1. The molecule has 6 heteroatoms. The highest BCUT2D eigenvalue weighted by atomic mass is 32.2. The number of aryl methyl sites for hydroxylation is 3. The average Bonchev–Trinajstić information content (AvgIpc) is 2.67. The minimum absolute atomic E-state index is 0.0751. The quantitative estimate of drug-likeness (QED) is 0.748. The Bertz CT molecular complexity index is 954. The van der Waals surface area contributed by atoms with Gasteiger partial charge in [0.2, 0.25) is 15.9 Å². The summed E-state index contributed by atoms with van der Waals surface area (Å²) in [6, 6.07) is 13.1. The fraction of sp³-hybridized carbons (Fsp3) is 0.409. The third-order valence-electron chi connectivity index (χ3n) is 5.31. The van der Waals surface area contributed by atoms with Crippen molar-refractivity contribution in [1.82, 2.24) is 10.0 Å². The highest BCUT2D eigenvalue weighted by Crippen LogP contribution is 2.24. The van der Waals surface area contributed by atoms with Crippen molar-refractivity contribution in [1.29, 1.82) is 0 Å². The van der Waals surface area contributed by atoms with Crippen LogP contribution in [0.5, 0.6) is 0 Å². The normalized spacial score (nSPS) is 14.9. The molecule has 2 aromatic carbocycles. The topological polar surface area (TPSA) is 75.3 Å². The molecule has 5 nitrogen and oxygen atoms in total. The molecule has 0 saturated carbocycles. The van der Waals surface area contributed by atoms with Crippen molar-refractivity contribution in [3.05, 3.63) is 64.7 Å². The highest BCUT2D eigenvalue weighted by Gasteiger charge is 2.18. The molecule has 1 aliphatic rings. The van der Waals surface area contributed by atoms with Gasteiger partial charge in [-0.2, -0.15) is 0 Å². The van der Waals surface area contributed by atoms with Crippen molar-refractivity contribution in [3.8, 4) is 0 Å². The molecular formula is C22H28N2O3S. The van der Waals surface area contributed by atoms with E-state index in [4.69, 9.17) is 0 Å². The molecule has 1 amide bonds. The second kappa shape index (κ2) is 8.88. The van der Waals surface area contributed by atoms with Crippen molar-refractivity contribution in [2.45, 2.75) is 56.9 Å². The lowest BCUT2D eigenvalue weighted by Gasteiger charge is -2.17. The van der Waals surface area contributed by atoms with Crippen molar-refractivity contribution >= 4 is 15.9 Å². The van der Waals surface area contributed by atoms with Gasteiger partial charge < -0.3 is 5.32 Å². The first kappa shape index (κ1) is 20.6. The number of hydrogen-bond acceptors (Lipinski definition) is 3. The summed E-state index contributed by atoms with van der Waals surface area (Å²) >= 11 is 0. The second-order valence-electron chi connectivity index (χ2n) is 7.43. The molecule has 0 spiro atoms. The van der Waals surface area contributed by atoms with Gasteiger partial charge in [0.1, 0.15) is 0 Å². The van der Waals surface area contributed by atoms with Crippen LogP contribution in [-0.2, 0) is 27.7 Å². The van der Waals surface area contributed by atoms with Gasteiger partial charge in [-0.15, -0.1) is 0 Å². The minimum atomic E-state index is -3.61. The minimum Gasteiger partial charge on any atom is -0.350 e. The molecule has 0 fully saturated rings. The predicted octanol–water partition coefficient (Wildman–Crippen LogP) is 3.42. The van der Waals surface area contributed by atoms with E-state index in [1.165, 1.54) is 5.56 Å². The van der Waals surface area contributed by atoms with Gasteiger partial charge in [-0.25, -0.2) is 13.1 Å². The molecular weight excluding hydrogens is 372 g/mol. The Morgan fingerprint density at radius 1 is 1.07 bits per heavy atom. The highest BCUT2D eigenvalue weighted by molar-refractivity contribution is 7.89. The van der Waals surface area contributed by atoms with Crippen LogP contribution in [-0.4, -0.2) is 20.9 Å².